The third-order valence-electron chi connectivity index (χ3n) is 6.19. The molecule has 2 heterocycles. The largest absolute Gasteiger partial charge is 0.387 e. The predicted molar refractivity (Wildman–Crippen MR) is 126 cm³/mol. The number of aromatic nitrogens is 2. The first-order chi connectivity index (χ1) is 14.6. The number of aliphatic hydroxyl groups is 2. The second-order valence-electron chi connectivity index (χ2n) is 8.81. The van der Waals surface area contributed by atoms with Crippen LogP contribution in [0.15, 0.2) is 24.3 Å². The summed E-state index contributed by atoms with van der Waals surface area (Å²) in [4.78, 5) is 7.03. The number of nitrogens with one attached hydrogen (secondary N) is 2. The Morgan fingerprint density at radius 2 is 0.933 bits per heavy atom. The van der Waals surface area contributed by atoms with Crippen molar-refractivity contribution >= 4 is 0 Å². The summed E-state index contributed by atoms with van der Waals surface area (Å²) in [6.07, 6.45) is 12.2. The Bertz CT molecular complexity index is 637. The molecule has 0 amide bonds. The highest BCUT2D eigenvalue weighted by molar-refractivity contribution is 5.29. The van der Waals surface area contributed by atoms with Crippen LogP contribution in [0.4, 0.5) is 0 Å². The van der Waals surface area contributed by atoms with E-state index in [-0.39, 0.29) is 5.92 Å². The van der Waals surface area contributed by atoms with E-state index in [1.807, 2.05) is 12.1 Å². The van der Waals surface area contributed by atoms with Gasteiger partial charge in [-0.2, -0.15) is 0 Å². The molecule has 170 valence electrons. The Morgan fingerprint density at radius 3 is 1.33 bits per heavy atom. The first kappa shape index (κ1) is 24.7. The SMILES string of the molecule is CCCCCC(O)c1ccc(C(CCCCC)c2ccc(C(O)CCCCC)[nH]2)[nH]1. The van der Waals surface area contributed by atoms with E-state index in [0.717, 1.165) is 67.7 Å². The van der Waals surface area contributed by atoms with Gasteiger partial charge in [0, 0.05) is 28.7 Å². The third-order valence-corrected chi connectivity index (χ3v) is 6.19. The predicted octanol–water partition coefficient (Wildman–Crippen LogP) is 7.28. The molecule has 2 atom stereocenters. The summed E-state index contributed by atoms with van der Waals surface area (Å²) >= 11 is 0. The van der Waals surface area contributed by atoms with Gasteiger partial charge in [-0.1, -0.05) is 78.6 Å². The van der Waals surface area contributed by atoms with Crippen LogP contribution in [-0.2, 0) is 0 Å². The van der Waals surface area contributed by atoms with Gasteiger partial charge in [0.25, 0.3) is 0 Å². The van der Waals surface area contributed by atoms with Gasteiger partial charge < -0.3 is 20.2 Å². The average molecular weight is 417 g/mol. The van der Waals surface area contributed by atoms with Crippen LogP contribution in [0.2, 0.25) is 0 Å². The summed E-state index contributed by atoms with van der Waals surface area (Å²) in [5.74, 6) is 0.240. The maximum Gasteiger partial charge on any atom is 0.0937 e. The first-order valence-electron chi connectivity index (χ1n) is 12.3. The molecule has 0 saturated carbocycles. The van der Waals surface area contributed by atoms with E-state index in [0.29, 0.717) is 0 Å². The van der Waals surface area contributed by atoms with Gasteiger partial charge in [-0.05, 0) is 43.5 Å². The minimum absolute atomic E-state index is 0.240. The van der Waals surface area contributed by atoms with Gasteiger partial charge in [-0.15, -0.1) is 0 Å². The molecule has 2 aromatic rings. The van der Waals surface area contributed by atoms with Crippen LogP contribution in [0.3, 0.4) is 0 Å². The van der Waals surface area contributed by atoms with Crippen LogP contribution in [-0.4, -0.2) is 20.2 Å². The van der Waals surface area contributed by atoms with Crippen LogP contribution in [0.5, 0.6) is 0 Å². The van der Waals surface area contributed by atoms with Crippen LogP contribution in [0, 0.1) is 0 Å². The molecule has 0 radical (unpaired) electrons. The Hall–Kier alpha value is -1.52. The summed E-state index contributed by atoms with van der Waals surface area (Å²) in [6.45, 7) is 6.60. The molecule has 0 aliphatic rings. The van der Waals surface area contributed by atoms with Crippen LogP contribution < -0.4 is 0 Å². The fourth-order valence-corrected chi connectivity index (χ4v) is 4.22. The Morgan fingerprint density at radius 1 is 0.567 bits per heavy atom. The number of hydrogen-bond acceptors (Lipinski definition) is 2. The molecule has 0 fully saturated rings. The molecule has 2 unspecified atom stereocenters. The van der Waals surface area contributed by atoms with Crippen molar-refractivity contribution in [2.24, 2.45) is 0 Å². The fraction of sp³-hybridized carbons (Fsp3) is 0.692. The number of hydrogen-bond donors (Lipinski definition) is 4. The maximum absolute atomic E-state index is 10.5. The summed E-state index contributed by atoms with van der Waals surface area (Å²) in [5, 5.41) is 21.1. The molecule has 0 spiro atoms. The third kappa shape index (κ3) is 7.63. The number of aromatic amines is 2. The van der Waals surface area contributed by atoms with Crippen molar-refractivity contribution in [2.75, 3.05) is 0 Å². The molecular weight excluding hydrogens is 372 g/mol. The van der Waals surface area contributed by atoms with Gasteiger partial charge in [-0.25, -0.2) is 0 Å². The van der Waals surface area contributed by atoms with Gasteiger partial charge in [0.05, 0.1) is 12.2 Å². The van der Waals surface area contributed by atoms with Gasteiger partial charge in [0.15, 0.2) is 0 Å². The van der Waals surface area contributed by atoms with Crippen LogP contribution in [0.1, 0.15) is 139 Å². The lowest BCUT2D eigenvalue weighted by Gasteiger charge is -2.16. The average Bonchev–Trinajstić information content (AvgIpc) is 3.42. The van der Waals surface area contributed by atoms with Crippen LogP contribution >= 0.6 is 0 Å². The Kier molecular flexibility index (Phi) is 11.3. The smallest absolute Gasteiger partial charge is 0.0937 e. The zero-order valence-electron chi connectivity index (χ0n) is 19.4. The molecule has 30 heavy (non-hydrogen) atoms. The summed E-state index contributed by atoms with van der Waals surface area (Å²) in [6, 6.07) is 8.35. The van der Waals surface area contributed by atoms with Crippen molar-refractivity contribution in [3.05, 3.63) is 47.0 Å². The van der Waals surface area contributed by atoms with Crippen molar-refractivity contribution in [1.82, 2.24) is 9.97 Å². The van der Waals surface area contributed by atoms with Crippen molar-refractivity contribution in [3.63, 3.8) is 0 Å². The van der Waals surface area contributed by atoms with Crippen molar-refractivity contribution in [2.45, 2.75) is 116 Å². The van der Waals surface area contributed by atoms with E-state index in [4.69, 9.17) is 0 Å². The van der Waals surface area contributed by atoms with E-state index >= 15 is 0 Å². The molecular formula is C26H44N2O2. The fourth-order valence-electron chi connectivity index (χ4n) is 4.22. The van der Waals surface area contributed by atoms with E-state index in [1.165, 1.54) is 32.1 Å². The quantitative estimate of drug-likeness (QED) is 0.217. The highest BCUT2D eigenvalue weighted by atomic mass is 16.3. The Balaban J connectivity index is 2.11. The number of aliphatic hydroxyl groups excluding tert-OH is 2. The molecule has 4 N–H and O–H groups in total. The first-order valence-corrected chi connectivity index (χ1v) is 12.3. The lowest BCUT2D eigenvalue weighted by atomic mass is 9.95. The molecule has 4 nitrogen and oxygen atoms in total. The highest BCUT2D eigenvalue weighted by Gasteiger charge is 2.20. The monoisotopic (exact) mass is 416 g/mol. The molecule has 2 rings (SSSR count). The van der Waals surface area contributed by atoms with Gasteiger partial charge >= 0.3 is 0 Å². The summed E-state index contributed by atoms with van der Waals surface area (Å²) in [7, 11) is 0. The van der Waals surface area contributed by atoms with E-state index in [1.54, 1.807) is 0 Å². The Labute approximate surface area is 183 Å². The standard InChI is InChI=1S/C26H44N2O2/c1-4-7-10-13-20(21-16-18-23(27-21)25(29)14-11-8-5-2)22-17-19-24(28-22)26(30)15-12-9-6-3/h16-20,25-30H,4-15H2,1-3H3. The van der Waals surface area contributed by atoms with E-state index < -0.39 is 12.2 Å². The highest BCUT2D eigenvalue weighted by Crippen LogP contribution is 2.32. The van der Waals surface area contributed by atoms with Crippen molar-refractivity contribution < 1.29 is 10.2 Å². The second-order valence-corrected chi connectivity index (χ2v) is 8.81. The molecule has 0 aliphatic carbocycles. The zero-order valence-corrected chi connectivity index (χ0v) is 19.4. The maximum atomic E-state index is 10.5. The number of H-pyrrole nitrogens is 2. The van der Waals surface area contributed by atoms with Crippen molar-refractivity contribution in [1.29, 1.82) is 0 Å². The van der Waals surface area contributed by atoms with E-state index in [2.05, 4.69) is 42.9 Å². The number of rotatable bonds is 16. The summed E-state index contributed by atoms with van der Waals surface area (Å²) in [5.41, 5.74) is 4.16. The molecule has 0 aliphatic heterocycles. The van der Waals surface area contributed by atoms with Gasteiger partial charge in [0.2, 0.25) is 0 Å². The van der Waals surface area contributed by atoms with Crippen molar-refractivity contribution in [3.8, 4) is 0 Å². The lowest BCUT2D eigenvalue weighted by molar-refractivity contribution is 0.159. The summed E-state index contributed by atoms with van der Waals surface area (Å²) < 4.78 is 0. The molecule has 0 bridgehead atoms. The molecule has 2 aromatic heterocycles. The zero-order chi connectivity index (χ0) is 21.8. The molecule has 0 aromatic carbocycles. The topological polar surface area (TPSA) is 72.0 Å². The van der Waals surface area contributed by atoms with Gasteiger partial charge in [0.1, 0.15) is 0 Å². The van der Waals surface area contributed by atoms with E-state index in [9.17, 15) is 10.2 Å². The van der Waals surface area contributed by atoms with Gasteiger partial charge in [-0.3, -0.25) is 0 Å². The minimum atomic E-state index is -0.416. The molecule has 0 saturated heterocycles. The normalized spacial score (nSPS) is 14.7. The second kappa shape index (κ2) is 13.7. The molecule has 4 heteroatoms. The van der Waals surface area contributed by atoms with Crippen LogP contribution in [0.25, 0.3) is 0 Å². The lowest BCUT2D eigenvalue weighted by Crippen LogP contribution is -2.05. The minimum Gasteiger partial charge on any atom is -0.387 e. The number of unbranched alkanes of at least 4 members (excludes halogenated alkanes) is 6.